The van der Waals surface area contributed by atoms with Gasteiger partial charge in [0.1, 0.15) is 0 Å². The van der Waals surface area contributed by atoms with Gasteiger partial charge in [0.05, 0.1) is 12.5 Å². The van der Waals surface area contributed by atoms with E-state index in [0.29, 0.717) is 6.61 Å². The van der Waals surface area contributed by atoms with Gasteiger partial charge in [0.2, 0.25) is 0 Å². The molecule has 4 heteroatoms. The highest BCUT2D eigenvalue weighted by Crippen LogP contribution is 2.39. The van der Waals surface area contributed by atoms with E-state index in [1.165, 1.54) is 10.4 Å². The van der Waals surface area contributed by atoms with Crippen LogP contribution in [0.4, 0.5) is 0 Å². The zero-order valence-electron chi connectivity index (χ0n) is 18.2. The second kappa shape index (κ2) is 9.27. The summed E-state index contributed by atoms with van der Waals surface area (Å²) in [6, 6.07) is 21.5. The van der Waals surface area contributed by atoms with Crippen LogP contribution < -0.4 is 10.4 Å². The van der Waals surface area contributed by atoms with Crippen molar-refractivity contribution >= 4 is 24.7 Å². The van der Waals surface area contributed by atoms with E-state index in [2.05, 4.69) is 81.4 Å². The maximum Gasteiger partial charge on any atom is 0.308 e. The van der Waals surface area contributed by atoms with Crippen molar-refractivity contribution in [1.29, 1.82) is 0 Å². The van der Waals surface area contributed by atoms with Gasteiger partial charge in [0, 0.05) is 6.10 Å². The number of ether oxygens (including phenoxy) is 1. The molecule has 0 spiro atoms. The van der Waals surface area contributed by atoms with Gasteiger partial charge in [-0.2, -0.15) is 0 Å². The van der Waals surface area contributed by atoms with Crippen LogP contribution in [0.25, 0.3) is 0 Å². The molecule has 156 valence electrons. The first-order valence-electron chi connectivity index (χ1n) is 10.8. The van der Waals surface area contributed by atoms with Crippen molar-refractivity contribution in [2.24, 2.45) is 5.92 Å². The molecule has 0 N–H and O–H groups in total. The van der Waals surface area contributed by atoms with Crippen LogP contribution in [-0.2, 0) is 14.0 Å². The first kappa shape index (κ1) is 21.8. The van der Waals surface area contributed by atoms with E-state index < -0.39 is 8.32 Å². The fourth-order valence-corrected chi connectivity index (χ4v) is 9.37. The smallest absolute Gasteiger partial charge is 0.308 e. The van der Waals surface area contributed by atoms with Gasteiger partial charge in [0.15, 0.2) is 0 Å². The minimum absolute atomic E-state index is 0.0201. The van der Waals surface area contributed by atoms with Crippen LogP contribution in [0, 0.1) is 5.92 Å². The van der Waals surface area contributed by atoms with E-state index >= 15 is 0 Å². The number of hydrogen-bond donors (Lipinski definition) is 0. The molecule has 1 aliphatic rings. The lowest BCUT2D eigenvalue weighted by Crippen LogP contribution is -2.67. The molecule has 0 atom stereocenters. The Labute approximate surface area is 176 Å². The second-order valence-corrected chi connectivity index (χ2v) is 13.3. The Morgan fingerprint density at radius 1 is 0.897 bits per heavy atom. The lowest BCUT2D eigenvalue weighted by Gasteiger charge is -2.46. The average Bonchev–Trinajstić information content (AvgIpc) is 2.73. The second-order valence-electron chi connectivity index (χ2n) is 9.01. The molecule has 1 fully saturated rings. The molecule has 0 aromatic heterocycles. The Bertz CT molecular complexity index is 735. The van der Waals surface area contributed by atoms with Crippen LogP contribution >= 0.6 is 0 Å². The number of carbonyl (C=O) groups excluding carboxylic acids is 1. The van der Waals surface area contributed by atoms with Crippen molar-refractivity contribution < 1.29 is 14.0 Å². The molecular formula is C25H34O3Si. The van der Waals surface area contributed by atoms with Crippen molar-refractivity contribution in [1.82, 2.24) is 0 Å². The van der Waals surface area contributed by atoms with Gasteiger partial charge < -0.3 is 9.16 Å². The maximum atomic E-state index is 12.1. The lowest BCUT2D eigenvalue weighted by molar-refractivity contribution is -0.149. The van der Waals surface area contributed by atoms with Crippen LogP contribution in [0.5, 0.6) is 0 Å². The highest BCUT2D eigenvalue weighted by atomic mass is 28.4. The van der Waals surface area contributed by atoms with Crippen molar-refractivity contribution in [3.8, 4) is 0 Å². The van der Waals surface area contributed by atoms with E-state index in [4.69, 9.17) is 9.16 Å². The molecular weight excluding hydrogens is 376 g/mol. The zero-order valence-corrected chi connectivity index (χ0v) is 19.2. The van der Waals surface area contributed by atoms with Gasteiger partial charge in [-0.15, -0.1) is 0 Å². The minimum atomic E-state index is -2.52. The minimum Gasteiger partial charge on any atom is -0.466 e. The van der Waals surface area contributed by atoms with Crippen LogP contribution in [0.1, 0.15) is 53.4 Å². The first-order chi connectivity index (χ1) is 13.9. The van der Waals surface area contributed by atoms with Crippen LogP contribution in [-0.4, -0.2) is 27.0 Å². The molecule has 3 rings (SSSR count). The van der Waals surface area contributed by atoms with Crippen molar-refractivity contribution in [3.05, 3.63) is 60.7 Å². The summed E-state index contributed by atoms with van der Waals surface area (Å²) in [6.45, 7) is 9.25. The summed E-state index contributed by atoms with van der Waals surface area (Å²) in [7, 11) is -2.52. The lowest BCUT2D eigenvalue weighted by atomic mass is 9.87. The first-order valence-corrected chi connectivity index (χ1v) is 12.7. The van der Waals surface area contributed by atoms with Crippen LogP contribution in [0.2, 0.25) is 5.04 Å². The van der Waals surface area contributed by atoms with Gasteiger partial charge in [0.25, 0.3) is 8.32 Å². The predicted molar refractivity (Wildman–Crippen MR) is 121 cm³/mol. The Morgan fingerprint density at radius 3 is 1.79 bits per heavy atom. The number of benzene rings is 2. The molecule has 0 bridgehead atoms. The molecule has 0 heterocycles. The van der Waals surface area contributed by atoms with Gasteiger partial charge in [-0.05, 0) is 48.0 Å². The van der Waals surface area contributed by atoms with Gasteiger partial charge >= 0.3 is 5.97 Å². The molecule has 0 radical (unpaired) electrons. The molecule has 0 aliphatic heterocycles. The number of esters is 1. The fraction of sp³-hybridized carbons (Fsp3) is 0.480. The Morgan fingerprint density at radius 2 is 1.38 bits per heavy atom. The standard InChI is InChI=1S/C25H34O3Si/c1-5-27-24(26)20-16-18-21(19-17-20)28-29(25(2,3)4,22-12-8-6-9-13-22)23-14-10-7-11-15-23/h6-15,20-21H,5,16-19H2,1-4H3/t20-,21+. The zero-order chi connectivity index (χ0) is 20.9. The third kappa shape index (κ3) is 4.64. The van der Waals surface area contributed by atoms with E-state index in [1.54, 1.807) is 0 Å². The predicted octanol–water partition coefficient (Wildman–Crippen LogP) is 4.68. The van der Waals surface area contributed by atoms with Gasteiger partial charge in [-0.1, -0.05) is 81.4 Å². The summed E-state index contributed by atoms with van der Waals surface area (Å²) in [5.74, 6) is -0.0228. The largest absolute Gasteiger partial charge is 0.466 e. The number of rotatable bonds is 6. The highest BCUT2D eigenvalue weighted by molar-refractivity contribution is 6.99. The summed E-state index contributed by atoms with van der Waals surface area (Å²) < 4.78 is 12.4. The molecule has 1 saturated carbocycles. The van der Waals surface area contributed by atoms with Gasteiger partial charge in [-0.25, -0.2) is 0 Å². The Kier molecular flexibility index (Phi) is 6.96. The average molecular weight is 411 g/mol. The van der Waals surface area contributed by atoms with Gasteiger partial charge in [-0.3, -0.25) is 4.79 Å². The molecule has 29 heavy (non-hydrogen) atoms. The summed E-state index contributed by atoms with van der Waals surface area (Å²) in [5.41, 5.74) is 0. The van der Waals surface area contributed by atoms with E-state index in [0.717, 1.165) is 25.7 Å². The normalized spacial score (nSPS) is 20.3. The summed E-state index contributed by atoms with van der Waals surface area (Å²) >= 11 is 0. The van der Waals surface area contributed by atoms with Crippen molar-refractivity contribution in [2.45, 2.75) is 64.5 Å². The molecule has 0 saturated heterocycles. The maximum absolute atomic E-state index is 12.1. The van der Waals surface area contributed by atoms with E-state index in [1.807, 2.05) is 6.92 Å². The molecule has 2 aromatic carbocycles. The molecule has 2 aromatic rings. The van der Waals surface area contributed by atoms with Crippen LogP contribution in [0.15, 0.2) is 60.7 Å². The molecule has 1 aliphatic carbocycles. The molecule has 0 amide bonds. The monoisotopic (exact) mass is 410 g/mol. The quantitative estimate of drug-likeness (QED) is 0.512. The van der Waals surface area contributed by atoms with Crippen LogP contribution in [0.3, 0.4) is 0 Å². The third-order valence-electron chi connectivity index (χ3n) is 6.05. The fourth-order valence-electron chi connectivity index (χ4n) is 4.62. The van der Waals surface area contributed by atoms with Crippen molar-refractivity contribution in [3.63, 3.8) is 0 Å². The SMILES string of the molecule is CCOC(=O)[C@H]1CC[C@@H](O[Si](c2ccccc2)(c2ccccc2)C(C)(C)C)CC1. The molecule has 0 unspecified atom stereocenters. The highest BCUT2D eigenvalue weighted by Gasteiger charge is 2.51. The van der Waals surface area contributed by atoms with E-state index in [-0.39, 0.29) is 23.0 Å². The topological polar surface area (TPSA) is 35.5 Å². The third-order valence-corrected chi connectivity index (χ3v) is 11.1. The summed E-state index contributed by atoms with van der Waals surface area (Å²) in [5, 5.41) is 2.60. The summed E-state index contributed by atoms with van der Waals surface area (Å²) in [6.07, 6.45) is 3.69. The Balaban J connectivity index is 1.92. The number of carbonyl (C=O) groups is 1. The Hall–Kier alpha value is -1.91. The molecule has 3 nitrogen and oxygen atoms in total. The number of hydrogen-bond acceptors (Lipinski definition) is 3. The van der Waals surface area contributed by atoms with E-state index in [9.17, 15) is 4.79 Å². The summed E-state index contributed by atoms with van der Waals surface area (Å²) in [4.78, 5) is 12.1. The van der Waals surface area contributed by atoms with Crippen molar-refractivity contribution in [2.75, 3.05) is 6.61 Å².